The topological polar surface area (TPSA) is 47.0 Å². The molecule has 6 heteroatoms. The van der Waals surface area contributed by atoms with Crippen molar-refractivity contribution in [1.82, 2.24) is 9.88 Å². The minimum Gasteiger partial charge on any atom is -0.497 e. The zero-order valence-electron chi connectivity index (χ0n) is 15.4. The summed E-state index contributed by atoms with van der Waals surface area (Å²) >= 11 is 3.48. The third-order valence-corrected chi connectivity index (χ3v) is 4.15. The quantitative estimate of drug-likeness (QED) is 0.402. The Morgan fingerprint density at radius 2 is 2.15 bits per heavy atom. The molecule has 2 rings (SSSR count). The van der Waals surface area contributed by atoms with E-state index in [1.54, 1.807) is 13.4 Å². The van der Waals surface area contributed by atoms with Crippen LogP contribution >= 0.6 is 15.9 Å². The molecule has 0 bridgehead atoms. The van der Waals surface area contributed by atoms with Crippen LogP contribution in [0.25, 0.3) is 0 Å². The first-order valence-corrected chi connectivity index (χ1v) is 9.00. The third kappa shape index (κ3) is 5.78. The molecule has 5 nitrogen and oxygen atoms in total. The number of methoxy groups -OCH3 is 1. The molecule has 1 aromatic heterocycles. The Morgan fingerprint density at radius 3 is 2.88 bits per heavy atom. The fourth-order valence-corrected chi connectivity index (χ4v) is 2.39. The van der Waals surface area contributed by atoms with Gasteiger partial charge in [0.1, 0.15) is 5.75 Å². The Kier molecular flexibility index (Phi) is 7.49. The fraction of sp³-hybridized carbons (Fsp3) is 0.300. The van der Waals surface area contributed by atoms with E-state index in [1.807, 2.05) is 49.2 Å². The summed E-state index contributed by atoms with van der Waals surface area (Å²) in [6, 6.07) is 9.49. The summed E-state index contributed by atoms with van der Waals surface area (Å²) in [5, 5.41) is 0. The van der Waals surface area contributed by atoms with Gasteiger partial charge in [-0.15, -0.1) is 0 Å². The van der Waals surface area contributed by atoms with Gasteiger partial charge in [0, 0.05) is 19.2 Å². The normalized spacial score (nSPS) is 10.3. The number of aryl methyl sites for hydroxylation is 1. The second kappa shape index (κ2) is 9.83. The molecule has 1 aromatic carbocycles. The van der Waals surface area contributed by atoms with Crippen LogP contribution in [0.5, 0.6) is 11.6 Å². The molecule has 136 valence electrons. The summed E-state index contributed by atoms with van der Waals surface area (Å²) < 4.78 is 11.6. The maximum Gasteiger partial charge on any atom is 0.229 e. The zero-order chi connectivity index (χ0) is 18.9. The van der Waals surface area contributed by atoms with E-state index in [0.717, 1.165) is 33.7 Å². The molecule has 0 saturated heterocycles. The Morgan fingerprint density at radius 1 is 1.35 bits per heavy atom. The number of rotatable bonds is 6. The summed E-state index contributed by atoms with van der Waals surface area (Å²) in [6.07, 6.45) is 1.79. The molecule has 0 unspecified atom stereocenters. The number of pyridine rings is 1. The lowest BCUT2D eigenvalue weighted by Crippen LogP contribution is -2.14. The summed E-state index contributed by atoms with van der Waals surface area (Å²) in [5.74, 6) is 7.32. The SMILES string of the molecule is CCN(C)C=Nc1cc(Br)c(OCC#Cc2cccc(OC)c2)nc1C. The van der Waals surface area contributed by atoms with Gasteiger partial charge in [0.15, 0.2) is 6.61 Å². The van der Waals surface area contributed by atoms with Crippen LogP contribution in [0.4, 0.5) is 5.69 Å². The van der Waals surface area contributed by atoms with Gasteiger partial charge >= 0.3 is 0 Å². The third-order valence-electron chi connectivity index (χ3n) is 3.58. The smallest absolute Gasteiger partial charge is 0.229 e. The van der Waals surface area contributed by atoms with Crippen LogP contribution in [0.15, 0.2) is 39.8 Å². The van der Waals surface area contributed by atoms with Gasteiger partial charge in [-0.25, -0.2) is 9.98 Å². The van der Waals surface area contributed by atoms with Crippen molar-refractivity contribution in [1.29, 1.82) is 0 Å². The number of halogens is 1. The number of hydrogen-bond acceptors (Lipinski definition) is 4. The van der Waals surface area contributed by atoms with E-state index < -0.39 is 0 Å². The molecular weight excluding hydrogens is 394 g/mol. The lowest BCUT2D eigenvalue weighted by Gasteiger charge is -2.10. The molecule has 0 aliphatic carbocycles. The van der Waals surface area contributed by atoms with E-state index in [4.69, 9.17) is 9.47 Å². The lowest BCUT2D eigenvalue weighted by molar-refractivity contribution is 0.352. The van der Waals surface area contributed by atoms with Crippen molar-refractivity contribution < 1.29 is 9.47 Å². The second-order valence-electron chi connectivity index (χ2n) is 5.52. The van der Waals surface area contributed by atoms with Gasteiger partial charge in [0.25, 0.3) is 0 Å². The van der Waals surface area contributed by atoms with Crippen molar-refractivity contribution in [2.24, 2.45) is 4.99 Å². The van der Waals surface area contributed by atoms with E-state index >= 15 is 0 Å². The van der Waals surface area contributed by atoms with Crippen molar-refractivity contribution in [2.75, 3.05) is 27.3 Å². The molecular formula is C20H22BrN3O2. The van der Waals surface area contributed by atoms with E-state index in [1.165, 1.54) is 0 Å². The molecule has 26 heavy (non-hydrogen) atoms. The summed E-state index contributed by atoms with van der Waals surface area (Å²) in [6.45, 7) is 5.10. The molecule has 0 radical (unpaired) electrons. The molecule has 0 spiro atoms. The van der Waals surface area contributed by atoms with Gasteiger partial charge in [-0.1, -0.05) is 17.9 Å². The lowest BCUT2D eigenvalue weighted by atomic mass is 10.2. The largest absolute Gasteiger partial charge is 0.497 e. The van der Waals surface area contributed by atoms with Crippen molar-refractivity contribution >= 4 is 28.0 Å². The van der Waals surface area contributed by atoms with E-state index in [9.17, 15) is 0 Å². The first kappa shape index (κ1) is 19.8. The van der Waals surface area contributed by atoms with Gasteiger partial charge in [0.05, 0.1) is 29.3 Å². The van der Waals surface area contributed by atoms with Gasteiger partial charge in [0.2, 0.25) is 5.88 Å². The molecule has 0 aliphatic rings. The van der Waals surface area contributed by atoms with Crippen molar-refractivity contribution in [3.63, 3.8) is 0 Å². The number of aromatic nitrogens is 1. The first-order chi connectivity index (χ1) is 12.5. The highest BCUT2D eigenvalue weighted by molar-refractivity contribution is 9.10. The number of aliphatic imine (C=N–C) groups is 1. The Labute approximate surface area is 163 Å². The van der Waals surface area contributed by atoms with E-state index in [2.05, 4.69) is 44.7 Å². The zero-order valence-corrected chi connectivity index (χ0v) is 17.0. The minimum atomic E-state index is 0.240. The van der Waals surface area contributed by atoms with Crippen LogP contribution < -0.4 is 9.47 Å². The van der Waals surface area contributed by atoms with Crippen LogP contribution in [0, 0.1) is 18.8 Å². The van der Waals surface area contributed by atoms with Crippen LogP contribution in [0.2, 0.25) is 0 Å². The highest BCUT2D eigenvalue weighted by Crippen LogP contribution is 2.29. The van der Waals surface area contributed by atoms with Crippen molar-refractivity contribution in [2.45, 2.75) is 13.8 Å². The van der Waals surface area contributed by atoms with Gasteiger partial charge in [-0.3, -0.25) is 0 Å². The number of nitrogens with zero attached hydrogens (tertiary/aromatic N) is 3. The molecule has 0 aliphatic heterocycles. The molecule has 1 heterocycles. The Bertz CT molecular complexity index is 841. The van der Waals surface area contributed by atoms with Crippen molar-refractivity contribution in [3.8, 4) is 23.5 Å². The highest BCUT2D eigenvalue weighted by Gasteiger charge is 2.07. The average molecular weight is 416 g/mol. The van der Waals surface area contributed by atoms with Crippen LogP contribution in [0.3, 0.4) is 0 Å². The van der Waals surface area contributed by atoms with E-state index in [-0.39, 0.29) is 6.61 Å². The number of ether oxygens (including phenoxy) is 2. The molecule has 0 atom stereocenters. The summed E-state index contributed by atoms with van der Waals surface area (Å²) in [7, 11) is 3.61. The van der Waals surface area contributed by atoms with Gasteiger partial charge in [-0.05, 0) is 54.0 Å². The maximum atomic E-state index is 5.67. The number of hydrogen-bond donors (Lipinski definition) is 0. The fourth-order valence-electron chi connectivity index (χ4n) is 1.97. The minimum absolute atomic E-state index is 0.240. The summed E-state index contributed by atoms with van der Waals surface area (Å²) in [4.78, 5) is 10.9. The predicted octanol–water partition coefficient (Wildman–Crippen LogP) is 4.20. The first-order valence-electron chi connectivity index (χ1n) is 8.20. The molecule has 0 fully saturated rings. The monoisotopic (exact) mass is 415 g/mol. The Hall–Kier alpha value is -2.52. The molecule has 2 aromatic rings. The van der Waals surface area contributed by atoms with Crippen LogP contribution in [-0.2, 0) is 0 Å². The van der Waals surface area contributed by atoms with Crippen LogP contribution in [0.1, 0.15) is 18.2 Å². The van der Waals surface area contributed by atoms with Crippen molar-refractivity contribution in [3.05, 3.63) is 46.1 Å². The maximum absolute atomic E-state index is 5.67. The molecule has 0 amide bonds. The average Bonchev–Trinajstić information content (AvgIpc) is 2.66. The molecule has 0 saturated carbocycles. The predicted molar refractivity (Wildman–Crippen MR) is 108 cm³/mol. The Balaban J connectivity index is 2.03. The summed E-state index contributed by atoms with van der Waals surface area (Å²) in [5.41, 5.74) is 2.47. The molecule has 0 N–H and O–H groups in total. The second-order valence-corrected chi connectivity index (χ2v) is 6.37. The number of benzene rings is 1. The standard InChI is InChI=1S/C20H22BrN3O2/c1-5-24(3)14-22-19-13-18(21)20(23-15(19)2)26-11-7-9-16-8-6-10-17(12-16)25-4/h6,8,10,12-14H,5,11H2,1-4H3. The van der Waals surface area contributed by atoms with Crippen LogP contribution in [-0.4, -0.2) is 43.5 Å². The highest BCUT2D eigenvalue weighted by atomic mass is 79.9. The van der Waals surface area contributed by atoms with Gasteiger partial charge < -0.3 is 14.4 Å². The van der Waals surface area contributed by atoms with Gasteiger partial charge in [-0.2, -0.15) is 0 Å². The van der Waals surface area contributed by atoms with E-state index in [0.29, 0.717) is 5.88 Å².